The van der Waals surface area contributed by atoms with E-state index in [-0.39, 0.29) is 31.6 Å². The Kier molecular flexibility index (Phi) is 6.64. The highest BCUT2D eigenvalue weighted by Gasteiger charge is 2.20. The first-order valence-corrected chi connectivity index (χ1v) is 6.69. The van der Waals surface area contributed by atoms with Crippen molar-refractivity contribution < 1.29 is 19.7 Å². The van der Waals surface area contributed by atoms with Gasteiger partial charge < -0.3 is 20.3 Å². The zero-order valence-electron chi connectivity index (χ0n) is 12.0. The normalized spacial score (nSPS) is 15.4. The molecule has 2 atom stereocenters. The van der Waals surface area contributed by atoms with Crippen molar-refractivity contribution in [2.75, 3.05) is 19.7 Å². The van der Waals surface area contributed by atoms with Gasteiger partial charge in [0.05, 0.1) is 18.1 Å². The molecule has 0 saturated heterocycles. The van der Waals surface area contributed by atoms with E-state index >= 15 is 0 Å². The van der Waals surface area contributed by atoms with Crippen molar-refractivity contribution >= 4 is 5.97 Å². The van der Waals surface area contributed by atoms with Gasteiger partial charge in [-0.05, 0) is 12.5 Å². The molecule has 112 valence electrons. The van der Waals surface area contributed by atoms with E-state index in [2.05, 4.69) is 5.32 Å². The van der Waals surface area contributed by atoms with Gasteiger partial charge in [-0.3, -0.25) is 4.79 Å². The maximum absolute atomic E-state index is 11.8. The van der Waals surface area contributed by atoms with Gasteiger partial charge in [-0.25, -0.2) is 0 Å². The first-order valence-electron chi connectivity index (χ1n) is 6.69. The largest absolute Gasteiger partial charge is 0.461 e. The summed E-state index contributed by atoms with van der Waals surface area (Å²) < 4.78 is 5.21. The highest BCUT2D eigenvalue weighted by atomic mass is 16.5. The molecule has 3 N–H and O–H groups in total. The summed E-state index contributed by atoms with van der Waals surface area (Å²) in [5.41, 5.74) is -0.225. The summed E-state index contributed by atoms with van der Waals surface area (Å²) in [6, 6.07) is 9.49. The zero-order chi connectivity index (χ0) is 15.0. The van der Waals surface area contributed by atoms with Crippen LogP contribution in [0.4, 0.5) is 0 Å². The van der Waals surface area contributed by atoms with Gasteiger partial charge >= 0.3 is 5.97 Å². The Labute approximate surface area is 119 Å². The van der Waals surface area contributed by atoms with Gasteiger partial charge in [0.2, 0.25) is 0 Å². The van der Waals surface area contributed by atoms with Crippen LogP contribution in [0.1, 0.15) is 19.4 Å². The van der Waals surface area contributed by atoms with Gasteiger partial charge in [0.25, 0.3) is 0 Å². The molecule has 1 aromatic rings. The van der Waals surface area contributed by atoms with Crippen molar-refractivity contribution in [3.63, 3.8) is 0 Å². The third kappa shape index (κ3) is 6.14. The van der Waals surface area contributed by atoms with Gasteiger partial charge in [-0.1, -0.05) is 37.3 Å². The molecule has 2 unspecified atom stereocenters. The Hall–Kier alpha value is -1.43. The Morgan fingerprint density at radius 1 is 1.40 bits per heavy atom. The monoisotopic (exact) mass is 281 g/mol. The van der Waals surface area contributed by atoms with E-state index in [0.29, 0.717) is 6.54 Å². The van der Waals surface area contributed by atoms with E-state index in [1.165, 1.54) is 6.92 Å². The van der Waals surface area contributed by atoms with Crippen LogP contribution in [-0.2, 0) is 16.1 Å². The lowest BCUT2D eigenvalue weighted by atomic mass is 10.1. The number of carbonyl (C=O) groups excluding carboxylic acids is 1. The molecule has 20 heavy (non-hydrogen) atoms. The minimum absolute atomic E-state index is 0.222. The second kappa shape index (κ2) is 7.99. The van der Waals surface area contributed by atoms with Gasteiger partial charge in [0.1, 0.15) is 6.61 Å². The Balaban J connectivity index is 2.26. The second-order valence-electron chi connectivity index (χ2n) is 5.28. The summed E-state index contributed by atoms with van der Waals surface area (Å²) in [7, 11) is 0. The van der Waals surface area contributed by atoms with Crippen LogP contribution in [0, 0.1) is 5.92 Å². The van der Waals surface area contributed by atoms with Crippen LogP contribution in [0.2, 0.25) is 0 Å². The third-order valence-electron chi connectivity index (χ3n) is 2.92. The smallest absolute Gasteiger partial charge is 0.310 e. The minimum Gasteiger partial charge on any atom is -0.461 e. The lowest BCUT2D eigenvalue weighted by Crippen LogP contribution is -2.43. The Morgan fingerprint density at radius 3 is 2.65 bits per heavy atom. The fraction of sp³-hybridized carbons (Fsp3) is 0.533. The van der Waals surface area contributed by atoms with Gasteiger partial charge in [-0.15, -0.1) is 0 Å². The average Bonchev–Trinajstić information content (AvgIpc) is 2.45. The summed E-state index contributed by atoms with van der Waals surface area (Å²) in [5, 5.41) is 21.4. The number of benzene rings is 1. The van der Waals surface area contributed by atoms with Crippen molar-refractivity contribution in [2.24, 2.45) is 5.92 Å². The molecule has 0 spiro atoms. The number of hydrogen-bond acceptors (Lipinski definition) is 5. The summed E-state index contributed by atoms with van der Waals surface area (Å²) in [5.74, 6) is -0.599. The standard InChI is InChI=1S/C15H23NO4/c1-12(8-16-10-15(2,19)11-17)14(18)20-9-13-6-4-3-5-7-13/h3-7,12,16-17,19H,8-11H2,1-2H3. The fourth-order valence-corrected chi connectivity index (χ4v) is 1.57. The van der Waals surface area contributed by atoms with Crippen LogP contribution < -0.4 is 5.32 Å². The number of nitrogens with one attached hydrogen (secondary N) is 1. The topological polar surface area (TPSA) is 78.8 Å². The molecule has 0 fully saturated rings. The molecular formula is C15H23NO4. The number of esters is 1. The second-order valence-corrected chi connectivity index (χ2v) is 5.28. The minimum atomic E-state index is -1.17. The van der Waals surface area contributed by atoms with Crippen LogP contribution in [-0.4, -0.2) is 41.5 Å². The van der Waals surface area contributed by atoms with Crippen LogP contribution in [0.15, 0.2) is 30.3 Å². The Bertz CT molecular complexity index is 406. The van der Waals surface area contributed by atoms with Crippen LogP contribution in [0.3, 0.4) is 0 Å². The molecule has 0 aliphatic carbocycles. The van der Waals surface area contributed by atoms with Crippen LogP contribution in [0.25, 0.3) is 0 Å². The van der Waals surface area contributed by atoms with Crippen molar-refractivity contribution in [1.29, 1.82) is 0 Å². The predicted octanol–water partition coefficient (Wildman–Crippen LogP) is 0.699. The Morgan fingerprint density at radius 2 is 2.05 bits per heavy atom. The lowest BCUT2D eigenvalue weighted by Gasteiger charge is -2.21. The molecule has 0 saturated carbocycles. The quantitative estimate of drug-likeness (QED) is 0.611. The number of ether oxygens (including phenoxy) is 1. The SMILES string of the molecule is CC(CNCC(C)(O)CO)C(=O)OCc1ccccc1. The molecule has 0 amide bonds. The third-order valence-corrected chi connectivity index (χ3v) is 2.92. The molecule has 1 aromatic carbocycles. The molecule has 1 rings (SSSR count). The van der Waals surface area contributed by atoms with Crippen LogP contribution in [0.5, 0.6) is 0 Å². The van der Waals surface area contributed by atoms with E-state index in [4.69, 9.17) is 9.84 Å². The highest BCUT2D eigenvalue weighted by Crippen LogP contribution is 2.05. The van der Waals surface area contributed by atoms with Crippen molar-refractivity contribution in [1.82, 2.24) is 5.32 Å². The lowest BCUT2D eigenvalue weighted by molar-refractivity contribution is -0.149. The van der Waals surface area contributed by atoms with Gasteiger partial charge in [0.15, 0.2) is 0 Å². The number of rotatable bonds is 8. The van der Waals surface area contributed by atoms with E-state index in [9.17, 15) is 9.90 Å². The van der Waals surface area contributed by atoms with Crippen molar-refractivity contribution in [3.05, 3.63) is 35.9 Å². The summed E-state index contributed by atoms with van der Waals surface area (Å²) in [6.07, 6.45) is 0. The van der Waals surface area contributed by atoms with Gasteiger partial charge in [0, 0.05) is 13.1 Å². The molecule has 0 heterocycles. The molecule has 0 radical (unpaired) electrons. The van der Waals surface area contributed by atoms with E-state index in [1.54, 1.807) is 6.92 Å². The molecule has 0 aliphatic heterocycles. The predicted molar refractivity (Wildman–Crippen MR) is 76.0 cm³/mol. The highest BCUT2D eigenvalue weighted by molar-refractivity contribution is 5.72. The molecule has 5 heteroatoms. The first kappa shape index (κ1) is 16.6. The van der Waals surface area contributed by atoms with E-state index in [0.717, 1.165) is 5.56 Å². The summed E-state index contributed by atoms with van der Waals surface area (Å²) >= 11 is 0. The maximum atomic E-state index is 11.8. The summed E-state index contributed by atoms with van der Waals surface area (Å²) in [4.78, 5) is 11.8. The molecular weight excluding hydrogens is 258 g/mol. The molecule has 0 aromatic heterocycles. The summed E-state index contributed by atoms with van der Waals surface area (Å²) in [6.45, 7) is 3.83. The van der Waals surface area contributed by atoms with E-state index in [1.807, 2.05) is 30.3 Å². The number of hydrogen-bond donors (Lipinski definition) is 3. The maximum Gasteiger partial charge on any atom is 0.310 e. The number of aliphatic hydroxyl groups excluding tert-OH is 1. The van der Waals surface area contributed by atoms with Crippen molar-refractivity contribution in [2.45, 2.75) is 26.1 Å². The number of carbonyl (C=O) groups is 1. The average molecular weight is 281 g/mol. The first-order chi connectivity index (χ1) is 9.44. The van der Waals surface area contributed by atoms with E-state index < -0.39 is 5.60 Å². The molecule has 0 bridgehead atoms. The van der Waals surface area contributed by atoms with Crippen LogP contribution >= 0.6 is 0 Å². The van der Waals surface area contributed by atoms with Crippen molar-refractivity contribution in [3.8, 4) is 0 Å². The molecule has 0 aliphatic rings. The zero-order valence-corrected chi connectivity index (χ0v) is 12.0. The fourth-order valence-electron chi connectivity index (χ4n) is 1.57. The van der Waals surface area contributed by atoms with Gasteiger partial charge in [-0.2, -0.15) is 0 Å². The number of aliphatic hydroxyl groups is 2. The molecule has 5 nitrogen and oxygen atoms in total.